The molecule has 4 atom stereocenters. The van der Waals surface area contributed by atoms with Gasteiger partial charge in [-0.3, -0.25) is 4.79 Å². The Balaban J connectivity index is 0.715. The van der Waals surface area contributed by atoms with Gasteiger partial charge >= 0.3 is 6.03 Å². The number of rotatable bonds is 35. The molecule has 19 nitrogen and oxygen atoms in total. The minimum absolute atomic E-state index is 0.0494. The molecule has 2 amide bonds. The van der Waals surface area contributed by atoms with Crippen molar-refractivity contribution in [3.8, 4) is 17.6 Å². The first kappa shape index (κ1) is 65.6. The zero-order valence-electron chi connectivity index (χ0n) is 46.4. The number of urea groups is 1. The van der Waals surface area contributed by atoms with Crippen LogP contribution in [0.25, 0.3) is 4.85 Å². The molecule has 6 rings (SSSR count). The van der Waals surface area contributed by atoms with E-state index in [0.717, 1.165) is 29.7 Å². The number of sulfonamides is 1. The van der Waals surface area contributed by atoms with Crippen molar-refractivity contribution in [1.82, 2.24) is 25.2 Å². The number of ether oxygens (including phenoxy) is 6. The fraction of sp³-hybridized carbons (Fsp3) is 0.509. The topological polar surface area (TPSA) is 229 Å². The van der Waals surface area contributed by atoms with Crippen LogP contribution in [0.1, 0.15) is 85.0 Å². The normalized spacial score (nSPS) is 16.6. The number of nitrogens with zero attached hydrogens (tertiary/aromatic N) is 4. The summed E-state index contributed by atoms with van der Waals surface area (Å²) in [4.78, 5) is 31.4. The van der Waals surface area contributed by atoms with E-state index in [1.54, 1.807) is 24.3 Å². The Morgan fingerprint density at radius 3 is 1.78 bits per heavy atom. The molecule has 2 aliphatic rings. The molecular formula is C57H71Cl2F2N7O12S2. The second kappa shape index (κ2) is 31.9. The fourth-order valence-electron chi connectivity index (χ4n) is 9.55. The molecule has 0 unspecified atom stereocenters. The molecule has 82 heavy (non-hydrogen) atoms. The molecule has 4 aromatic carbocycles. The molecule has 0 aromatic heterocycles. The summed E-state index contributed by atoms with van der Waals surface area (Å²) in [5.74, 6) is -2.07. The largest absolute Gasteiger partial charge is 0.481 e. The number of hydrogen-bond acceptors (Lipinski definition) is 15. The molecule has 446 valence electrons. The third-order valence-electron chi connectivity index (χ3n) is 13.8. The van der Waals surface area contributed by atoms with Crippen LogP contribution in [-0.2, 0) is 56.4 Å². The van der Waals surface area contributed by atoms with Crippen LogP contribution >= 0.6 is 23.2 Å². The van der Waals surface area contributed by atoms with Crippen molar-refractivity contribution < 1.29 is 63.6 Å². The first-order valence-electron chi connectivity index (χ1n) is 27.0. The Morgan fingerprint density at radius 2 is 1.18 bits per heavy atom. The van der Waals surface area contributed by atoms with Crippen LogP contribution in [0, 0.1) is 29.5 Å². The SMILES string of the molecule is [C-]#[N+]c1cc(Cl)cc2c1C[C@H](N(C)C)[C@H]2Oc1ccc(S(=O)(=O)NCCOCCOCCCC(=O)CCCCCNC(=O)NCCOCCOCCCS(=O)(=O)c2ccc(O[C@H]3c4cc(Cl)cc(C#N)c4C[C@@H]3N(C)C)c(F)c2)cc1F. The molecule has 4 aromatic rings. The smallest absolute Gasteiger partial charge is 0.314 e. The number of nitrogens with one attached hydrogen (secondary N) is 3. The molecular weight excluding hydrogens is 1150 g/mol. The third kappa shape index (κ3) is 19.0. The van der Waals surface area contributed by atoms with Gasteiger partial charge in [0.15, 0.2) is 38.7 Å². The highest BCUT2D eigenvalue weighted by Gasteiger charge is 2.40. The van der Waals surface area contributed by atoms with E-state index in [1.165, 1.54) is 24.3 Å². The number of likely N-dealkylation sites (N-methyl/N-ethyl adjacent to an activating group) is 2. The maximum atomic E-state index is 15.3. The van der Waals surface area contributed by atoms with E-state index in [-0.39, 0.29) is 117 Å². The number of hydrogen-bond donors (Lipinski definition) is 3. The predicted molar refractivity (Wildman–Crippen MR) is 305 cm³/mol. The summed E-state index contributed by atoms with van der Waals surface area (Å²) >= 11 is 12.6. The standard InChI is InChI=1S/C57H71Cl2F2N7O12S2/c1-63-50-32-40(59)31-47-45(50)36-52(68(4)5)56(47)80-54-16-14-43(34-49(54)61)82(73,74)66-19-23-78-27-24-75-20-9-12-41(69)11-7-6-8-17-64-57(70)65-18-22-77-26-25-76-21-10-28-81(71,72)42-13-15-53(48(60)33-42)79-55-46-30-39(58)29-38(37-62)44(46)35-51(55)67(2)3/h13-16,29-34,51-52,55-56,66H,6-12,17-28,35-36H2,2-5H3,(H2,64,65,70)/t51-,52-,55-,56-/m0/s1. The molecule has 0 bridgehead atoms. The van der Waals surface area contributed by atoms with E-state index in [4.69, 9.17) is 58.2 Å². The monoisotopic (exact) mass is 1220 g/mol. The van der Waals surface area contributed by atoms with Crippen molar-refractivity contribution in [2.45, 2.75) is 91.9 Å². The molecule has 0 spiro atoms. The number of carbonyl (C=O) groups is 2. The Labute approximate surface area is 489 Å². The molecule has 0 aliphatic heterocycles. The Hall–Kier alpha value is -5.54. The maximum Gasteiger partial charge on any atom is 0.314 e. The van der Waals surface area contributed by atoms with E-state index in [1.807, 2.05) is 38.0 Å². The second-order valence-electron chi connectivity index (χ2n) is 20.1. The van der Waals surface area contributed by atoms with Gasteiger partial charge in [0.25, 0.3) is 0 Å². The van der Waals surface area contributed by atoms with Crippen LogP contribution in [0.15, 0.2) is 70.5 Å². The zero-order chi connectivity index (χ0) is 59.4. The van der Waals surface area contributed by atoms with Crippen molar-refractivity contribution in [2.24, 2.45) is 0 Å². The molecule has 0 fully saturated rings. The molecule has 25 heteroatoms. The van der Waals surface area contributed by atoms with Gasteiger partial charge in [-0.05, 0) is 150 Å². The van der Waals surface area contributed by atoms with Crippen molar-refractivity contribution >= 4 is 60.6 Å². The summed E-state index contributed by atoms with van der Waals surface area (Å²) in [6.07, 6.45) is 3.42. The summed E-state index contributed by atoms with van der Waals surface area (Å²) in [7, 11) is -0.446. The third-order valence-corrected chi connectivity index (χ3v) is 17.5. The highest BCUT2D eigenvalue weighted by molar-refractivity contribution is 7.91. The lowest BCUT2D eigenvalue weighted by Gasteiger charge is -2.27. The lowest BCUT2D eigenvalue weighted by molar-refractivity contribution is -0.119. The summed E-state index contributed by atoms with van der Waals surface area (Å²) in [5, 5.41) is 15.8. The minimum atomic E-state index is -4.06. The number of carbonyl (C=O) groups excluding carboxylic acids is 2. The van der Waals surface area contributed by atoms with Crippen molar-refractivity contribution in [3.63, 3.8) is 0 Å². The predicted octanol–water partition coefficient (Wildman–Crippen LogP) is 8.32. The van der Waals surface area contributed by atoms with E-state index in [9.17, 15) is 31.7 Å². The lowest BCUT2D eigenvalue weighted by Crippen LogP contribution is -2.37. The molecule has 0 radical (unpaired) electrons. The first-order chi connectivity index (χ1) is 39.2. The number of nitriles is 1. The quantitative estimate of drug-likeness (QED) is 0.0291. The first-order valence-corrected chi connectivity index (χ1v) is 30.9. The Kier molecular flexibility index (Phi) is 25.6. The number of ketones is 1. The molecule has 0 saturated heterocycles. The number of benzene rings is 4. The maximum absolute atomic E-state index is 15.3. The van der Waals surface area contributed by atoms with Gasteiger partial charge in [0.05, 0.1) is 85.5 Å². The van der Waals surface area contributed by atoms with Crippen molar-refractivity contribution in [3.05, 3.63) is 122 Å². The minimum Gasteiger partial charge on any atom is -0.481 e. The average Bonchev–Trinajstić information content (AvgIpc) is 4.19. The van der Waals surface area contributed by atoms with Gasteiger partial charge in [-0.15, -0.1) is 0 Å². The van der Waals surface area contributed by atoms with E-state index in [2.05, 4.69) is 26.3 Å². The van der Waals surface area contributed by atoms with Crippen LogP contribution in [0.3, 0.4) is 0 Å². The second-order valence-corrected chi connectivity index (χ2v) is 24.9. The summed E-state index contributed by atoms with van der Waals surface area (Å²) in [6.45, 7) is 9.89. The number of fused-ring (bicyclic) bond motifs is 2. The van der Waals surface area contributed by atoms with Gasteiger partial charge in [-0.25, -0.2) is 40.0 Å². The zero-order valence-corrected chi connectivity index (χ0v) is 49.6. The van der Waals surface area contributed by atoms with Gasteiger partial charge in [0.2, 0.25) is 10.0 Å². The highest BCUT2D eigenvalue weighted by atomic mass is 35.5. The summed E-state index contributed by atoms with van der Waals surface area (Å²) in [5.41, 5.74) is 3.79. The number of sulfone groups is 1. The van der Waals surface area contributed by atoms with Crippen LogP contribution in [0.4, 0.5) is 19.3 Å². The average molecular weight is 1220 g/mol. The fourth-order valence-corrected chi connectivity index (χ4v) is 12.3. The van der Waals surface area contributed by atoms with Crippen LogP contribution in [0.5, 0.6) is 11.5 Å². The Bertz CT molecular complexity index is 2940. The molecule has 2 aliphatic carbocycles. The van der Waals surface area contributed by atoms with Gasteiger partial charge in [0, 0.05) is 55.7 Å². The van der Waals surface area contributed by atoms with Gasteiger partial charge in [-0.1, -0.05) is 29.6 Å². The van der Waals surface area contributed by atoms with Crippen LogP contribution < -0.4 is 24.8 Å². The van der Waals surface area contributed by atoms with E-state index >= 15 is 8.78 Å². The lowest BCUT2D eigenvalue weighted by atomic mass is 10.0. The number of halogens is 4. The number of Topliss-reactive ketones (excluding diaryl/α,β-unsaturated/α-hetero) is 1. The van der Waals surface area contributed by atoms with Crippen molar-refractivity contribution in [2.75, 3.05) is 106 Å². The number of unbranched alkanes of at least 4 members (excludes halogenated alkanes) is 2. The van der Waals surface area contributed by atoms with Gasteiger partial charge in [0.1, 0.15) is 18.0 Å². The Morgan fingerprint density at radius 1 is 0.659 bits per heavy atom. The van der Waals surface area contributed by atoms with E-state index < -0.39 is 43.7 Å². The molecule has 0 heterocycles. The highest BCUT2D eigenvalue weighted by Crippen LogP contribution is 2.44. The summed E-state index contributed by atoms with van der Waals surface area (Å²) in [6, 6.07) is 15.0. The van der Waals surface area contributed by atoms with Crippen LogP contribution in [0.2, 0.25) is 10.0 Å². The molecule has 0 saturated carbocycles. The van der Waals surface area contributed by atoms with Crippen molar-refractivity contribution in [1.29, 1.82) is 5.26 Å². The number of amides is 2. The molecule has 3 N–H and O–H groups in total. The van der Waals surface area contributed by atoms with Gasteiger partial charge in [-0.2, -0.15) is 5.26 Å². The van der Waals surface area contributed by atoms with Gasteiger partial charge < -0.3 is 48.9 Å². The summed E-state index contributed by atoms with van der Waals surface area (Å²) < 4.78 is 119. The van der Waals surface area contributed by atoms with E-state index in [0.29, 0.717) is 90.5 Å². The van der Waals surface area contributed by atoms with Crippen LogP contribution in [-0.4, -0.2) is 157 Å².